The molecule has 0 unspecified atom stereocenters. The topological polar surface area (TPSA) is 60.9 Å². The molecule has 0 amide bonds. The summed E-state index contributed by atoms with van der Waals surface area (Å²) < 4.78 is 17.4. The minimum atomic E-state index is -0.458. The van der Waals surface area contributed by atoms with Gasteiger partial charge in [-0.1, -0.05) is 12.5 Å². The van der Waals surface area contributed by atoms with Gasteiger partial charge in [0.2, 0.25) is 5.79 Å². The third-order valence-electron chi connectivity index (χ3n) is 6.69. The number of fused-ring (bicyclic) bond motifs is 1. The molecule has 5 rings (SSSR count). The lowest BCUT2D eigenvalue weighted by Crippen LogP contribution is -2.54. The molecule has 2 aliphatic heterocycles. The van der Waals surface area contributed by atoms with Crippen molar-refractivity contribution < 1.29 is 19.0 Å². The van der Waals surface area contributed by atoms with E-state index >= 15 is 0 Å². The van der Waals surface area contributed by atoms with Crippen LogP contribution in [0.5, 0.6) is 5.75 Å². The Kier molecular flexibility index (Phi) is 5.21. The van der Waals surface area contributed by atoms with Crippen molar-refractivity contribution in [1.29, 1.82) is 0 Å². The zero-order valence-corrected chi connectivity index (χ0v) is 17.4. The largest absolute Gasteiger partial charge is 0.465 e. The van der Waals surface area contributed by atoms with Gasteiger partial charge in [0, 0.05) is 55.8 Å². The van der Waals surface area contributed by atoms with Crippen LogP contribution >= 0.6 is 0 Å². The van der Waals surface area contributed by atoms with E-state index in [0.717, 1.165) is 54.5 Å². The summed E-state index contributed by atoms with van der Waals surface area (Å²) in [4.78, 5) is 18.5. The van der Waals surface area contributed by atoms with E-state index in [9.17, 15) is 4.79 Å². The monoisotopic (exact) mass is 408 g/mol. The maximum Gasteiger partial charge on any atom is 0.339 e. The molecule has 1 spiro atoms. The Hall–Kier alpha value is -2.44. The van der Waals surface area contributed by atoms with E-state index in [0.29, 0.717) is 18.6 Å². The number of carbonyl (C=O) groups excluding carboxylic acids is 1. The molecule has 0 atom stereocenters. The first-order chi connectivity index (χ1) is 14.6. The Labute approximate surface area is 177 Å². The van der Waals surface area contributed by atoms with Crippen molar-refractivity contribution >= 4 is 5.97 Å². The van der Waals surface area contributed by atoms with E-state index in [1.807, 2.05) is 6.07 Å². The van der Waals surface area contributed by atoms with Crippen LogP contribution in [0.1, 0.15) is 59.3 Å². The van der Waals surface area contributed by atoms with Crippen LogP contribution in [-0.4, -0.2) is 47.9 Å². The Morgan fingerprint density at radius 3 is 2.73 bits per heavy atom. The molecule has 158 valence electrons. The lowest BCUT2D eigenvalue weighted by atomic mass is 9.89. The molecule has 30 heavy (non-hydrogen) atoms. The average Bonchev–Trinajstić information content (AvgIpc) is 2.74. The third-order valence-corrected chi connectivity index (χ3v) is 6.69. The number of aromatic nitrogens is 1. The fourth-order valence-corrected chi connectivity index (χ4v) is 4.60. The van der Waals surface area contributed by atoms with Crippen molar-refractivity contribution in [1.82, 2.24) is 9.88 Å². The van der Waals surface area contributed by atoms with Crippen LogP contribution in [0.25, 0.3) is 0 Å². The molecular formula is C24H28N2O4. The van der Waals surface area contributed by atoms with Crippen LogP contribution in [-0.2, 0) is 22.5 Å². The SMILES string of the molecule is COC(=O)c1ccc(Cc2ccc3c(c2)COC2(CCN(C4CCC4)CC2)O3)nc1. The quantitative estimate of drug-likeness (QED) is 0.719. The molecule has 3 heterocycles. The maximum absolute atomic E-state index is 11.5. The second kappa shape index (κ2) is 8.00. The molecule has 0 N–H and O–H groups in total. The van der Waals surface area contributed by atoms with Crippen LogP contribution in [0.15, 0.2) is 36.5 Å². The van der Waals surface area contributed by atoms with Crippen LogP contribution in [0.2, 0.25) is 0 Å². The second-order valence-corrected chi connectivity index (χ2v) is 8.57. The number of methoxy groups -OCH3 is 1. The van der Waals surface area contributed by atoms with Gasteiger partial charge in [0.05, 0.1) is 19.3 Å². The predicted octanol–water partition coefficient (Wildman–Crippen LogP) is 3.71. The number of rotatable bonds is 4. The summed E-state index contributed by atoms with van der Waals surface area (Å²) >= 11 is 0. The van der Waals surface area contributed by atoms with E-state index in [1.165, 1.54) is 26.4 Å². The number of benzene rings is 1. The van der Waals surface area contributed by atoms with Gasteiger partial charge < -0.3 is 14.2 Å². The highest BCUT2D eigenvalue weighted by molar-refractivity contribution is 5.88. The molecule has 2 aromatic rings. The number of hydrogen-bond donors (Lipinski definition) is 0. The molecule has 0 radical (unpaired) electrons. The van der Waals surface area contributed by atoms with Crippen LogP contribution < -0.4 is 4.74 Å². The summed E-state index contributed by atoms with van der Waals surface area (Å²) in [6.45, 7) is 2.71. The number of ether oxygens (including phenoxy) is 3. The highest BCUT2D eigenvalue weighted by atomic mass is 16.7. The predicted molar refractivity (Wildman–Crippen MR) is 111 cm³/mol. The van der Waals surface area contributed by atoms with Crippen molar-refractivity contribution in [2.75, 3.05) is 20.2 Å². The Morgan fingerprint density at radius 2 is 2.07 bits per heavy atom. The number of nitrogens with zero attached hydrogens (tertiary/aromatic N) is 2. The average molecular weight is 408 g/mol. The van der Waals surface area contributed by atoms with Crippen molar-refractivity contribution in [3.63, 3.8) is 0 Å². The van der Waals surface area contributed by atoms with Crippen LogP contribution in [0, 0.1) is 0 Å². The molecule has 1 aromatic heterocycles. The summed E-state index contributed by atoms with van der Waals surface area (Å²) in [6, 6.07) is 10.7. The number of piperidine rings is 1. The minimum absolute atomic E-state index is 0.371. The van der Waals surface area contributed by atoms with E-state index in [-0.39, 0.29) is 5.97 Å². The first-order valence-electron chi connectivity index (χ1n) is 10.9. The third kappa shape index (κ3) is 3.82. The van der Waals surface area contributed by atoms with Gasteiger partial charge in [0.15, 0.2) is 0 Å². The zero-order chi connectivity index (χ0) is 20.6. The molecule has 0 bridgehead atoms. The lowest BCUT2D eigenvalue weighted by Gasteiger charge is -2.47. The maximum atomic E-state index is 11.5. The molecule has 6 heteroatoms. The van der Waals surface area contributed by atoms with Crippen molar-refractivity contribution in [2.45, 2.75) is 57.0 Å². The van der Waals surface area contributed by atoms with E-state index in [2.05, 4.69) is 28.1 Å². The number of likely N-dealkylation sites (tertiary alicyclic amines) is 1. The molecule has 1 saturated heterocycles. The van der Waals surface area contributed by atoms with E-state index in [4.69, 9.17) is 14.2 Å². The fourth-order valence-electron chi connectivity index (χ4n) is 4.60. The summed E-state index contributed by atoms with van der Waals surface area (Å²) in [7, 11) is 1.37. The van der Waals surface area contributed by atoms with Crippen molar-refractivity contribution in [3.05, 3.63) is 58.9 Å². The Morgan fingerprint density at radius 1 is 1.23 bits per heavy atom. The normalized spacial score (nSPS) is 20.8. The van der Waals surface area contributed by atoms with Gasteiger partial charge in [-0.3, -0.25) is 9.88 Å². The molecule has 1 aromatic carbocycles. The molecule has 2 fully saturated rings. The highest BCUT2D eigenvalue weighted by Crippen LogP contribution is 2.39. The highest BCUT2D eigenvalue weighted by Gasteiger charge is 2.42. The smallest absolute Gasteiger partial charge is 0.339 e. The van der Waals surface area contributed by atoms with Gasteiger partial charge in [-0.15, -0.1) is 0 Å². The second-order valence-electron chi connectivity index (χ2n) is 8.57. The van der Waals surface area contributed by atoms with Gasteiger partial charge in [-0.2, -0.15) is 0 Å². The Balaban J connectivity index is 1.23. The van der Waals surface area contributed by atoms with E-state index < -0.39 is 5.79 Å². The van der Waals surface area contributed by atoms with Gasteiger partial charge in [-0.05, 0) is 42.7 Å². The number of esters is 1. The molecule has 6 nitrogen and oxygen atoms in total. The molecule has 1 aliphatic carbocycles. The number of carbonyl (C=O) groups is 1. The lowest BCUT2D eigenvalue weighted by molar-refractivity contribution is -0.231. The number of pyridine rings is 1. The van der Waals surface area contributed by atoms with Gasteiger partial charge in [0.25, 0.3) is 0 Å². The summed E-state index contributed by atoms with van der Waals surface area (Å²) in [5.41, 5.74) is 3.60. The number of hydrogen-bond acceptors (Lipinski definition) is 6. The zero-order valence-electron chi connectivity index (χ0n) is 17.4. The molecule has 1 saturated carbocycles. The van der Waals surface area contributed by atoms with Crippen molar-refractivity contribution in [3.8, 4) is 5.75 Å². The first kappa shape index (κ1) is 19.5. The van der Waals surface area contributed by atoms with Gasteiger partial charge in [0.1, 0.15) is 5.75 Å². The van der Waals surface area contributed by atoms with Crippen LogP contribution in [0.4, 0.5) is 0 Å². The fraction of sp³-hybridized carbons (Fsp3) is 0.500. The molecular weight excluding hydrogens is 380 g/mol. The van der Waals surface area contributed by atoms with Crippen LogP contribution in [0.3, 0.4) is 0 Å². The summed E-state index contributed by atoms with van der Waals surface area (Å²) in [5.74, 6) is 0.112. The Bertz CT molecular complexity index is 915. The summed E-state index contributed by atoms with van der Waals surface area (Å²) in [6.07, 6.45) is 8.19. The van der Waals surface area contributed by atoms with E-state index in [1.54, 1.807) is 12.3 Å². The summed E-state index contributed by atoms with van der Waals surface area (Å²) in [5, 5.41) is 0. The standard InChI is InChI=1S/C24H28N2O4/c1-28-23(27)18-6-7-20(25-15-18)14-17-5-8-22-19(13-17)16-29-24(30-22)9-11-26(12-10-24)21-3-2-4-21/h5-8,13,15,21H,2-4,9-12,14,16H2,1H3. The first-order valence-corrected chi connectivity index (χ1v) is 10.9. The van der Waals surface area contributed by atoms with Gasteiger partial charge in [-0.25, -0.2) is 4.79 Å². The minimum Gasteiger partial charge on any atom is -0.465 e. The van der Waals surface area contributed by atoms with Crippen molar-refractivity contribution in [2.24, 2.45) is 0 Å². The molecule has 3 aliphatic rings. The van der Waals surface area contributed by atoms with Gasteiger partial charge >= 0.3 is 5.97 Å².